The molecule has 7 nitrogen and oxygen atoms in total. The van der Waals surface area contributed by atoms with Crippen molar-refractivity contribution in [3.05, 3.63) is 11.6 Å². The van der Waals surface area contributed by atoms with Gasteiger partial charge in [-0.05, 0) is 51.6 Å². The van der Waals surface area contributed by atoms with Crippen molar-refractivity contribution in [2.24, 2.45) is 12.8 Å². The summed E-state index contributed by atoms with van der Waals surface area (Å²) in [6.45, 7) is 4.75. The molecule has 1 saturated carbocycles. The van der Waals surface area contributed by atoms with Crippen LogP contribution in [0.5, 0.6) is 0 Å². The van der Waals surface area contributed by atoms with Gasteiger partial charge < -0.3 is 15.2 Å². The van der Waals surface area contributed by atoms with Crippen LogP contribution in [0.3, 0.4) is 0 Å². The van der Waals surface area contributed by atoms with Crippen molar-refractivity contribution in [1.29, 1.82) is 0 Å². The van der Waals surface area contributed by atoms with E-state index in [1.807, 2.05) is 4.90 Å². The van der Waals surface area contributed by atoms with E-state index in [2.05, 4.69) is 26.7 Å². The van der Waals surface area contributed by atoms with E-state index in [9.17, 15) is 4.79 Å². The van der Waals surface area contributed by atoms with E-state index < -0.39 is 5.54 Å². The van der Waals surface area contributed by atoms with Gasteiger partial charge in [0.2, 0.25) is 5.91 Å². The Balaban J connectivity index is 1.43. The summed E-state index contributed by atoms with van der Waals surface area (Å²) >= 11 is 0. The van der Waals surface area contributed by atoms with Gasteiger partial charge in [-0.3, -0.25) is 9.69 Å². The van der Waals surface area contributed by atoms with E-state index in [4.69, 9.17) is 5.73 Å². The molecule has 2 N–H and O–H groups in total. The zero-order chi connectivity index (χ0) is 17.4. The van der Waals surface area contributed by atoms with E-state index in [-0.39, 0.29) is 11.8 Å². The Morgan fingerprint density at radius 3 is 2.64 bits per heavy atom. The number of nitrogens with zero attached hydrogens (tertiary/aromatic N) is 5. The van der Waals surface area contributed by atoms with Crippen molar-refractivity contribution in [2.45, 2.75) is 62.9 Å². The normalized spacial score (nSPS) is 26.6. The predicted molar refractivity (Wildman–Crippen MR) is 94.8 cm³/mol. The van der Waals surface area contributed by atoms with Gasteiger partial charge in [0.05, 0.1) is 12.1 Å². The molecule has 3 heterocycles. The van der Waals surface area contributed by atoms with Gasteiger partial charge in [0.25, 0.3) is 0 Å². The molecule has 1 aliphatic carbocycles. The largest absolute Gasteiger partial charge is 0.340 e. The van der Waals surface area contributed by atoms with E-state index in [1.165, 1.54) is 19.3 Å². The molecule has 2 aliphatic heterocycles. The van der Waals surface area contributed by atoms with Crippen molar-refractivity contribution < 1.29 is 4.79 Å². The number of amides is 1. The van der Waals surface area contributed by atoms with Crippen LogP contribution >= 0.6 is 0 Å². The fourth-order valence-corrected chi connectivity index (χ4v) is 4.22. The molecule has 2 saturated heterocycles. The minimum atomic E-state index is -0.568. The van der Waals surface area contributed by atoms with Crippen molar-refractivity contribution in [3.63, 3.8) is 0 Å². The standard InChI is InChI=1S/C18H30N6O/c1-22-15(13-23-9-3-2-4-10-23)20-21-16(22)14-6-5-11-24(12-14)17(25)18(19)7-8-18/h14H,2-13,19H2,1H3/t14-/m1/s1. The first-order valence-electron chi connectivity index (χ1n) is 9.76. The number of carbonyl (C=O) groups excluding carboxylic acids is 1. The number of piperidine rings is 2. The maximum atomic E-state index is 12.6. The lowest BCUT2D eigenvalue weighted by atomic mass is 9.96. The molecule has 0 aromatic carbocycles. The number of aromatic nitrogens is 3. The van der Waals surface area contributed by atoms with Crippen LogP contribution in [0.1, 0.15) is 62.5 Å². The molecule has 0 unspecified atom stereocenters. The highest BCUT2D eigenvalue weighted by molar-refractivity contribution is 5.89. The van der Waals surface area contributed by atoms with Gasteiger partial charge >= 0.3 is 0 Å². The third kappa shape index (κ3) is 3.44. The number of hydrogen-bond acceptors (Lipinski definition) is 5. The Bertz CT molecular complexity index is 632. The first kappa shape index (κ1) is 17.0. The van der Waals surface area contributed by atoms with Gasteiger partial charge in [0.1, 0.15) is 11.6 Å². The van der Waals surface area contributed by atoms with Gasteiger partial charge in [0.15, 0.2) is 0 Å². The van der Waals surface area contributed by atoms with Crippen molar-refractivity contribution >= 4 is 5.91 Å². The molecule has 3 aliphatic rings. The molecule has 0 spiro atoms. The highest BCUT2D eigenvalue weighted by Gasteiger charge is 2.48. The van der Waals surface area contributed by atoms with E-state index in [1.54, 1.807) is 0 Å². The minimum absolute atomic E-state index is 0.132. The summed E-state index contributed by atoms with van der Waals surface area (Å²) in [5, 5.41) is 8.95. The van der Waals surface area contributed by atoms with Gasteiger partial charge in [-0.15, -0.1) is 10.2 Å². The molecule has 4 rings (SSSR count). The summed E-state index contributed by atoms with van der Waals surface area (Å²) in [5.41, 5.74) is 5.55. The lowest BCUT2D eigenvalue weighted by Gasteiger charge is -2.34. The maximum absolute atomic E-state index is 12.6. The van der Waals surface area contributed by atoms with Crippen LogP contribution in [0.2, 0.25) is 0 Å². The van der Waals surface area contributed by atoms with E-state index >= 15 is 0 Å². The van der Waals surface area contributed by atoms with E-state index in [0.717, 1.165) is 70.1 Å². The second kappa shape index (κ2) is 6.68. The predicted octanol–water partition coefficient (Wildman–Crippen LogP) is 0.998. The molecule has 7 heteroatoms. The number of hydrogen-bond donors (Lipinski definition) is 1. The Morgan fingerprint density at radius 2 is 1.92 bits per heavy atom. The summed E-state index contributed by atoms with van der Waals surface area (Å²) in [6.07, 6.45) is 7.65. The summed E-state index contributed by atoms with van der Waals surface area (Å²) in [4.78, 5) is 17.0. The molecule has 1 aromatic heterocycles. The fourth-order valence-electron chi connectivity index (χ4n) is 4.22. The fraction of sp³-hybridized carbons (Fsp3) is 0.833. The number of nitrogens with two attached hydrogens (primary N) is 1. The SMILES string of the molecule is Cn1c(CN2CCCCC2)nnc1[C@@H]1CCCN(C(=O)C2(N)CC2)C1. The van der Waals surface area contributed by atoms with Crippen LogP contribution in [0.15, 0.2) is 0 Å². The highest BCUT2D eigenvalue weighted by atomic mass is 16.2. The van der Waals surface area contributed by atoms with Crippen molar-refractivity contribution in [1.82, 2.24) is 24.6 Å². The summed E-state index contributed by atoms with van der Waals surface area (Å²) in [7, 11) is 2.07. The molecular weight excluding hydrogens is 316 g/mol. The molecule has 3 fully saturated rings. The average molecular weight is 346 g/mol. The Labute approximate surface area is 149 Å². The second-order valence-electron chi connectivity index (χ2n) is 8.12. The molecule has 0 radical (unpaired) electrons. The van der Waals surface area contributed by atoms with Crippen LogP contribution in [0, 0.1) is 0 Å². The summed E-state index contributed by atoms with van der Waals surface area (Å²) < 4.78 is 2.16. The minimum Gasteiger partial charge on any atom is -0.340 e. The van der Waals surface area contributed by atoms with Gasteiger partial charge in [-0.25, -0.2) is 0 Å². The van der Waals surface area contributed by atoms with Crippen LogP contribution in [0.25, 0.3) is 0 Å². The molecule has 25 heavy (non-hydrogen) atoms. The molecule has 0 bridgehead atoms. The second-order valence-corrected chi connectivity index (χ2v) is 8.12. The third-order valence-electron chi connectivity index (χ3n) is 6.10. The summed E-state index contributed by atoms with van der Waals surface area (Å²) in [5.74, 6) is 2.46. The number of rotatable bonds is 4. The van der Waals surface area contributed by atoms with Crippen LogP contribution in [-0.2, 0) is 18.4 Å². The van der Waals surface area contributed by atoms with Gasteiger partial charge in [-0.1, -0.05) is 6.42 Å². The quantitative estimate of drug-likeness (QED) is 0.880. The highest BCUT2D eigenvalue weighted by Crippen LogP contribution is 2.36. The molecular formula is C18H30N6O. The van der Waals surface area contributed by atoms with E-state index in [0.29, 0.717) is 0 Å². The first-order valence-corrected chi connectivity index (χ1v) is 9.76. The molecule has 138 valence electrons. The Morgan fingerprint density at radius 1 is 1.16 bits per heavy atom. The average Bonchev–Trinajstić information content (AvgIpc) is 3.30. The molecule has 1 aromatic rings. The zero-order valence-corrected chi connectivity index (χ0v) is 15.3. The maximum Gasteiger partial charge on any atom is 0.242 e. The number of likely N-dealkylation sites (tertiary alicyclic amines) is 2. The summed E-state index contributed by atoms with van der Waals surface area (Å²) in [6, 6.07) is 0. The smallest absolute Gasteiger partial charge is 0.242 e. The first-order chi connectivity index (χ1) is 12.1. The van der Waals surface area contributed by atoms with Crippen LogP contribution in [0.4, 0.5) is 0 Å². The van der Waals surface area contributed by atoms with Gasteiger partial charge in [-0.2, -0.15) is 0 Å². The lowest BCUT2D eigenvalue weighted by molar-refractivity contribution is -0.134. The molecule has 1 amide bonds. The topological polar surface area (TPSA) is 80.3 Å². The van der Waals surface area contributed by atoms with Crippen LogP contribution in [-0.4, -0.2) is 62.2 Å². The Hall–Kier alpha value is -1.47. The Kier molecular flexibility index (Phi) is 4.54. The number of carbonyl (C=O) groups is 1. The van der Waals surface area contributed by atoms with Crippen LogP contribution < -0.4 is 5.73 Å². The van der Waals surface area contributed by atoms with Crippen molar-refractivity contribution in [2.75, 3.05) is 26.2 Å². The monoisotopic (exact) mass is 346 g/mol. The zero-order valence-electron chi connectivity index (χ0n) is 15.3. The third-order valence-corrected chi connectivity index (χ3v) is 6.10. The van der Waals surface area contributed by atoms with Crippen molar-refractivity contribution in [3.8, 4) is 0 Å². The lowest BCUT2D eigenvalue weighted by Crippen LogP contribution is -2.49. The van der Waals surface area contributed by atoms with Gasteiger partial charge in [0, 0.05) is 26.1 Å². The molecule has 1 atom stereocenters.